The Hall–Kier alpha value is -1.53. The van der Waals surface area contributed by atoms with Crippen LogP contribution in [-0.4, -0.2) is 55.9 Å². The minimum Gasteiger partial charge on any atom is -0.397 e. The third kappa shape index (κ3) is 3.52. The van der Waals surface area contributed by atoms with E-state index >= 15 is 0 Å². The lowest BCUT2D eigenvalue weighted by molar-refractivity contribution is 0.0617. The van der Waals surface area contributed by atoms with E-state index in [0.717, 1.165) is 12.8 Å². The number of ether oxygens (including phenoxy) is 2. The van der Waals surface area contributed by atoms with Gasteiger partial charge in [0.05, 0.1) is 18.9 Å². The summed E-state index contributed by atoms with van der Waals surface area (Å²) in [4.78, 5) is 14.4. The van der Waals surface area contributed by atoms with Crippen LogP contribution in [0.25, 0.3) is 0 Å². The quantitative estimate of drug-likeness (QED) is 0.776. The van der Waals surface area contributed by atoms with Crippen LogP contribution in [0.5, 0.6) is 0 Å². The third-order valence-electron chi connectivity index (χ3n) is 3.45. The van der Waals surface area contributed by atoms with Gasteiger partial charge in [-0.1, -0.05) is 0 Å². The van der Waals surface area contributed by atoms with Crippen LogP contribution in [0.15, 0.2) is 12.3 Å². The number of nitrogens with two attached hydrogens (primary N) is 1. The molecule has 1 heterocycles. The Labute approximate surface area is 119 Å². The maximum atomic E-state index is 12.7. The molecule has 1 fully saturated rings. The average molecular weight is 281 g/mol. The van der Waals surface area contributed by atoms with Gasteiger partial charge in [-0.05, 0) is 18.9 Å². The van der Waals surface area contributed by atoms with E-state index in [1.54, 1.807) is 25.2 Å². The normalized spacial score (nSPS) is 14.5. The van der Waals surface area contributed by atoms with E-state index in [0.29, 0.717) is 43.7 Å². The standard InChI is InChI=1S/C14H23N3O3/c1-19-7-5-16(6-8-20-2)14(18)13-9-11(15)10-17(13)12-3-4-12/h9-10,12H,3-8,15H2,1-2H3. The molecule has 1 saturated carbocycles. The Balaban J connectivity index is 2.12. The lowest BCUT2D eigenvalue weighted by Gasteiger charge is -2.22. The third-order valence-corrected chi connectivity index (χ3v) is 3.45. The summed E-state index contributed by atoms with van der Waals surface area (Å²) < 4.78 is 12.1. The minimum atomic E-state index is -0.0114. The predicted octanol–water partition coefficient (Wildman–Crippen LogP) is 1.14. The lowest BCUT2D eigenvalue weighted by atomic mass is 10.3. The molecule has 1 aromatic heterocycles. The van der Waals surface area contributed by atoms with Crippen molar-refractivity contribution in [3.05, 3.63) is 18.0 Å². The van der Waals surface area contributed by atoms with Crippen molar-refractivity contribution in [3.8, 4) is 0 Å². The van der Waals surface area contributed by atoms with Crippen LogP contribution < -0.4 is 5.73 Å². The van der Waals surface area contributed by atoms with Crippen molar-refractivity contribution in [1.82, 2.24) is 9.47 Å². The molecule has 1 amide bonds. The first-order chi connectivity index (χ1) is 9.67. The van der Waals surface area contributed by atoms with Gasteiger partial charge >= 0.3 is 0 Å². The highest BCUT2D eigenvalue weighted by Gasteiger charge is 2.29. The van der Waals surface area contributed by atoms with E-state index in [9.17, 15) is 4.79 Å². The first-order valence-electron chi connectivity index (χ1n) is 6.92. The van der Waals surface area contributed by atoms with Gasteiger partial charge in [0.15, 0.2) is 0 Å². The molecule has 20 heavy (non-hydrogen) atoms. The van der Waals surface area contributed by atoms with Crippen LogP contribution in [0.3, 0.4) is 0 Å². The van der Waals surface area contributed by atoms with Crippen LogP contribution in [0.2, 0.25) is 0 Å². The lowest BCUT2D eigenvalue weighted by Crippen LogP contribution is -2.37. The molecule has 0 aliphatic heterocycles. The second kappa shape index (κ2) is 6.76. The number of aromatic nitrogens is 1. The van der Waals surface area contributed by atoms with E-state index in [-0.39, 0.29) is 5.91 Å². The maximum absolute atomic E-state index is 12.7. The number of carbonyl (C=O) groups is 1. The molecular formula is C14H23N3O3. The summed E-state index contributed by atoms with van der Waals surface area (Å²) in [6.45, 7) is 2.12. The zero-order valence-electron chi connectivity index (χ0n) is 12.2. The van der Waals surface area contributed by atoms with Crippen molar-refractivity contribution in [2.75, 3.05) is 46.3 Å². The van der Waals surface area contributed by atoms with Gasteiger partial charge in [0.25, 0.3) is 5.91 Å². The summed E-state index contributed by atoms with van der Waals surface area (Å²) in [5, 5.41) is 0. The molecular weight excluding hydrogens is 258 g/mol. The molecule has 2 rings (SSSR count). The zero-order valence-corrected chi connectivity index (χ0v) is 12.2. The van der Waals surface area contributed by atoms with Crippen LogP contribution in [0.4, 0.5) is 5.69 Å². The minimum absolute atomic E-state index is 0.0114. The van der Waals surface area contributed by atoms with Crippen molar-refractivity contribution < 1.29 is 14.3 Å². The maximum Gasteiger partial charge on any atom is 0.270 e. The molecule has 0 unspecified atom stereocenters. The first-order valence-corrected chi connectivity index (χ1v) is 6.92. The van der Waals surface area contributed by atoms with Crippen LogP contribution >= 0.6 is 0 Å². The SMILES string of the molecule is COCCN(CCOC)C(=O)c1cc(N)cn1C1CC1. The largest absolute Gasteiger partial charge is 0.397 e. The van der Waals surface area contributed by atoms with Crippen LogP contribution in [0.1, 0.15) is 29.4 Å². The van der Waals surface area contributed by atoms with Gasteiger partial charge in [-0.3, -0.25) is 4.79 Å². The molecule has 6 nitrogen and oxygen atoms in total. The highest BCUT2D eigenvalue weighted by atomic mass is 16.5. The van der Waals surface area contributed by atoms with Gasteiger partial charge < -0.3 is 24.7 Å². The van der Waals surface area contributed by atoms with E-state index in [2.05, 4.69) is 0 Å². The molecule has 112 valence electrons. The fraction of sp³-hybridized carbons (Fsp3) is 0.643. The Morgan fingerprint density at radius 2 is 1.95 bits per heavy atom. The number of hydrogen-bond acceptors (Lipinski definition) is 4. The molecule has 1 aromatic rings. The molecule has 0 radical (unpaired) electrons. The van der Waals surface area contributed by atoms with Crippen LogP contribution in [0, 0.1) is 0 Å². The van der Waals surface area contributed by atoms with E-state index in [1.807, 2.05) is 10.8 Å². The molecule has 0 aromatic carbocycles. The molecule has 2 N–H and O–H groups in total. The predicted molar refractivity (Wildman–Crippen MR) is 76.8 cm³/mol. The summed E-state index contributed by atoms with van der Waals surface area (Å²) in [7, 11) is 3.26. The van der Waals surface area contributed by atoms with Crippen molar-refractivity contribution in [1.29, 1.82) is 0 Å². The Morgan fingerprint density at radius 1 is 1.35 bits per heavy atom. The fourth-order valence-corrected chi connectivity index (χ4v) is 2.21. The Kier molecular flexibility index (Phi) is 5.03. The molecule has 6 heteroatoms. The van der Waals surface area contributed by atoms with Crippen molar-refractivity contribution in [3.63, 3.8) is 0 Å². The summed E-state index contributed by atoms with van der Waals surface area (Å²) in [5.41, 5.74) is 7.14. The molecule has 0 spiro atoms. The number of nitrogen functional groups attached to an aromatic ring is 1. The Morgan fingerprint density at radius 3 is 2.45 bits per heavy atom. The second-order valence-corrected chi connectivity index (χ2v) is 5.07. The Bertz CT molecular complexity index is 447. The van der Waals surface area contributed by atoms with Crippen molar-refractivity contribution >= 4 is 11.6 Å². The summed E-state index contributed by atoms with van der Waals surface area (Å²) in [5.74, 6) is -0.0114. The number of rotatable bonds is 8. The monoisotopic (exact) mass is 281 g/mol. The molecule has 1 aliphatic carbocycles. The number of carbonyl (C=O) groups excluding carboxylic acids is 1. The van der Waals surface area contributed by atoms with E-state index in [4.69, 9.17) is 15.2 Å². The van der Waals surface area contributed by atoms with Gasteiger partial charge in [0.2, 0.25) is 0 Å². The smallest absolute Gasteiger partial charge is 0.270 e. The molecule has 0 atom stereocenters. The van der Waals surface area contributed by atoms with Gasteiger partial charge in [0.1, 0.15) is 5.69 Å². The van der Waals surface area contributed by atoms with E-state index in [1.165, 1.54) is 0 Å². The highest BCUT2D eigenvalue weighted by molar-refractivity contribution is 5.94. The fourth-order valence-electron chi connectivity index (χ4n) is 2.21. The van der Waals surface area contributed by atoms with Crippen molar-refractivity contribution in [2.45, 2.75) is 18.9 Å². The van der Waals surface area contributed by atoms with E-state index < -0.39 is 0 Å². The van der Waals surface area contributed by atoms with Gasteiger partial charge in [-0.25, -0.2) is 0 Å². The van der Waals surface area contributed by atoms with Gasteiger partial charge in [-0.2, -0.15) is 0 Å². The molecule has 1 aliphatic rings. The topological polar surface area (TPSA) is 69.7 Å². The van der Waals surface area contributed by atoms with Gasteiger partial charge in [0, 0.05) is 39.5 Å². The summed E-state index contributed by atoms with van der Waals surface area (Å²) in [6, 6.07) is 2.19. The van der Waals surface area contributed by atoms with Crippen LogP contribution in [-0.2, 0) is 9.47 Å². The average Bonchev–Trinajstić information content (AvgIpc) is 3.21. The molecule has 0 saturated heterocycles. The van der Waals surface area contributed by atoms with Crippen molar-refractivity contribution in [2.24, 2.45) is 0 Å². The number of methoxy groups -OCH3 is 2. The highest BCUT2D eigenvalue weighted by Crippen LogP contribution is 2.37. The zero-order chi connectivity index (χ0) is 14.5. The summed E-state index contributed by atoms with van der Waals surface area (Å²) in [6.07, 6.45) is 4.09. The number of anilines is 1. The second-order valence-electron chi connectivity index (χ2n) is 5.07. The molecule has 0 bridgehead atoms. The first kappa shape index (κ1) is 14.9. The van der Waals surface area contributed by atoms with Gasteiger partial charge in [-0.15, -0.1) is 0 Å². The number of amides is 1. The number of hydrogen-bond donors (Lipinski definition) is 1. The summed E-state index contributed by atoms with van der Waals surface area (Å²) >= 11 is 0. The number of nitrogens with zero attached hydrogens (tertiary/aromatic N) is 2.